The van der Waals surface area contributed by atoms with Gasteiger partial charge in [-0.05, 0) is 24.6 Å². The lowest BCUT2D eigenvalue weighted by Gasteiger charge is -2.22. The van der Waals surface area contributed by atoms with Crippen LogP contribution in [0.25, 0.3) is 0 Å². The number of nitrogens with one attached hydrogen (secondary N) is 1. The Morgan fingerprint density at radius 1 is 1.33 bits per heavy atom. The average Bonchev–Trinajstić information content (AvgIpc) is 2.46. The highest BCUT2D eigenvalue weighted by Crippen LogP contribution is 2.15. The SMILES string of the molecule is CCNC(=NCCS(C)(=O)=O)N(C)Cc1ccc(OC(F)F)cc1. The summed E-state index contributed by atoms with van der Waals surface area (Å²) >= 11 is 0. The minimum absolute atomic E-state index is 0.0185. The number of hydrogen-bond acceptors (Lipinski definition) is 4. The molecule has 1 aromatic carbocycles. The summed E-state index contributed by atoms with van der Waals surface area (Å²) in [5.41, 5.74) is 0.882. The Balaban J connectivity index is 2.70. The lowest BCUT2D eigenvalue weighted by atomic mass is 10.2. The Hall–Kier alpha value is -1.90. The number of rotatable bonds is 8. The van der Waals surface area contributed by atoms with Crippen molar-refractivity contribution < 1.29 is 21.9 Å². The van der Waals surface area contributed by atoms with Gasteiger partial charge in [0.15, 0.2) is 5.96 Å². The van der Waals surface area contributed by atoms with Crippen molar-refractivity contribution in [2.24, 2.45) is 4.99 Å². The van der Waals surface area contributed by atoms with E-state index in [9.17, 15) is 17.2 Å². The number of sulfone groups is 1. The standard InChI is InChI=1S/C15H23F2N3O3S/c1-4-18-15(19-9-10-24(3,21)22)20(2)11-12-5-7-13(8-6-12)23-14(16)17/h5-8,14H,4,9-11H2,1-3H3,(H,18,19). The second-order valence-corrected chi connectivity index (χ2v) is 7.50. The van der Waals surface area contributed by atoms with Crippen molar-refractivity contribution in [3.05, 3.63) is 29.8 Å². The molecule has 0 saturated heterocycles. The maximum absolute atomic E-state index is 12.1. The number of nitrogens with zero attached hydrogens (tertiary/aromatic N) is 2. The van der Waals surface area contributed by atoms with Crippen LogP contribution in [0.2, 0.25) is 0 Å². The maximum atomic E-state index is 12.1. The van der Waals surface area contributed by atoms with E-state index < -0.39 is 16.4 Å². The minimum Gasteiger partial charge on any atom is -0.435 e. The quantitative estimate of drug-likeness (QED) is 0.563. The molecule has 6 nitrogen and oxygen atoms in total. The lowest BCUT2D eigenvalue weighted by Crippen LogP contribution is -2.38. The van der Waals surface area contributed by atoms with Crippen LogP contribution in [-0.4, -0.2) is 58.0 Å². The average molecular weight is 363 g/mol. The first-order chi connectivity index (χ1) is 11.2. The van der Waals surface area contributed by atoms with Crippen LogP contribution >= 0.6 is 0 Å². The van der Waals surface area contributed by atoms with Crippen LogP contribution < -0.4 is 10.1 Å². The Kier molecular flexibility index (Phi) is 7.90. The van der Waals surface area contributed by atoms with Crippen LogP contribution in [0.3, 0.4) is 0 Å². The monoisotopic (exact) mass is 363 g/mol. The van der Waals surface area contributed by atoms with Gasteiger partial charge in [-0.15, -0.1) is 0 Å². The zero-order valence-corrected chi connectivity index (χ0v) is 14.8. The van der Waals surface area contributed by atoms with E-state index >= 15 is 0 Å². The fourth-order valence-electron chi connectivity index (χ4n) is 1.91. The van der Waals surface area contributed by atoms with Crippen molar-refractivity contribution in [1.82, 2.24) is 10.2 Å². The van der Waals surface area contributed by atoms with Crippen molar-refractivity contribution in [3.8, 4) is 5.75 Å². The van der Waals surface area contributed by atoms with E-state index in [0.717, 1.165) is 5.56 Å². The minimum atomic E-state index is -3.06. The molecule has 1 rings (SSSR count). The summed E-state index contributed by atoms with van der Waals surface area (Å²) in [6.45, 7) is 0.368. The molecular formula is C15H23F2N3O3S. The molecule has 136 valence electrons. The van der Waals surface area contributed by atoms with Gasteiger partial charge in [-0.1, -0.05) is 12.1 Å². The molecule has 0 aliphatic heterocycles. The Morgan fingerprint density at radius 3 is 2.46 bits per heavy atom. The lowest BCUT2D eigenvalue weighted by molar-refractivity contribution is -0.0498. The highest BCUT2D eigenvalue weighted by molar-refractivity contribution is 7.90. The summed E-state index contributed by atoms with van der Waals surface area (Å²) in [5.74, 6) is 0.661. The predicted octanol–water partition coefficient (Wildman–Crippen LogP) is 1.73. The van der Waals surface area contributed by atoms with E-state index in [0.29, 0.717) is 19.0 Å². The molecule has 0 radical (unpaired) electrons. The molecule has 0 fully saturated rings. The zero-order valence-electron chi connectivity index (χ0n) is 14.0. The topological polar surface area (TPSA) is 71.0 Å². The maximum Gasteiger partial charge on any atom is 0.387 e. The van der Waals surface area contributed by atoms with Gasteiger partial charge >= 0.3 is 6.61 Å². The van der Waals surface area contributed by atoms with Crippen molar-refractivity contribution in [2.45, 2.75) is 20.1 Å². The van der Waals surface area contributed by atoms with Gasteiger partial charge in [-0.25, -0.2) is 8.42 Å². The summed E-state index contributed by atoms with van der Waals surface area (Å²) < 4.78 is 50.9. The van der Waals surface area contributed by atoms with Gasteiger partial charge in [0.2, 0.25) is 0 Å². The van der Waals surface area contributed by atoms with Crippen molar-refractivity contribution in [3.63, 3.8) is 0 Å². The van der Waals surface area contributed by atoms with Gasteiger partial charge in [0.05, 0.1) is 12.3 Å². The molecule has 0 bridgehead atoms. The van der Waals surface area contributed by atoms with Crippen LogP contribution in [0.15, 0.2) is 29.3 Å². The number of halogens is 2. The van der Waals surface area contributed by atoms with Crippen LogP contribution in [0.4, 0.5) is 8.78 Å². The third-order valence-corrected chi connectivity index (χ3v) is 3.91. The summed E-state index contributed by atoms with van der Waals surface area (Å²) in [5, 5.41) is 3.08. The Bertz CT molecular complexity index is 634. The van der Waals surface area contributed by atoms with Crippen LogP contribution in [-0.2, 0) is 16.4 Å². The molecule has 0 heterocycles. The third-order valence-electron chi connectivity index (χ3n) is 2.99. The first-order valence-electron chi connectivity index (χ1n) is 7.42. The molecule has 0 unspecified atom stereocenters. The molecule has 24 heavy (non-hydrogen) atoms. The summed E-state index contributed by atoms with van der Waals surface area (Å²) in [7, 11) is -1.25. The molecule has 0 atom stereocenters. The van der Waals surface area contributed by atoms with E-state index in [2.05, 4.69) is 15.0 Å². The molecule has 1 N–H and O–H groups in total. The number of ether oxygens (including phenoxy) is 1. The van der Waals surface area contributed by atoms with E-state index in [1.807, 2.05) is 18.9 Å². The smallest absolute Gasteiger partial charge is 0.387 e. The number of guanidine groups is 1. The number of alkyl halides is 2. The van der Waals surface area contributed by atoms with Gasteiger partial charge in [-0.2, -0.15) is 8.78 Å². The second-order valence-electron chi connectivity index (χ2n) is 5.24. The number of hydrogen-bond donors (Lipinski definition) is 1. The van der Waals surface area contributed by atoms with Crippen LogP contribution in [0.1, 0.15) is 12.5 Å². The predicted molar refractivity (Wildman–Crippen MR) is 90.2 cm³/mol. The zero-order chi connectivity index (χ0) is 18.2. The van der Waals surface area contributed by atoms with Gasteiger partial charge < -0.3 is 15.0 Å². The fourth-order valence-corrected chi connectivity index (χ4v) is 2.34. The second kappa shape index (κ2) is 9.41. The van der Waals surface area contributed by atoms with Gasteiger partial charge in [0, 0.05) is 26.4 Å². The van der Waals surface area contributed by atoms with Crippen LogP contribution in [0.5, 0.6) is 5.75 Å². The molecule has 0 saturated carbocycles. The molecule has 9 heteroatoms. The number of benzene rings is 1. The first-order valence-corrected chi connectivity index (χ1v) is 9.48. The molecule has 0 aromatic heterocycles. The Morgan fingerprint density at radius 2 is 1.96 bits per heavy atom. The first kappa shape index (κ1) is 20.1. The van der Waals surface area contributed by atoms with Crippen molar-refractivity contribution in [2.75, 3.05) is 32.1 Å². The third kappa shape index (κ3) is 8.09. The normalized spacial score (nSPS) is 12.3. The van der Waals surface area contributed by atoms with Crippen molar-refractivity contribution >= 4 is 15.8 Å². The molecule has 1 aromatic rings. The largest absolute Gasteiger partial charge is 0.435 e. The Labute approximate surface area is 141 Å². The fraction of sp³-hybridized carbons (Fsp3) is 0.533. The molecule has 0 aliphatic rings. The van der Waals surface area contributed by atoms with Gasteiger partial charge in [-0.3, -0.25) is 4.99 Å². The molecule has 0 amide bonds. The van der Waals surface area contributed by atoms with E-state index in [1.54, 1.807) is 12.1 Å². The van der Waals surface area contributed by atoms with Crippen molar-refractivity contribution in [1.29, 1.82) is 0 Å². The molecule has 0 spiro atoms. The van der Waals surface area contributed by atoms with E-state index in [1.165, 1.54) is 18.4 Å². The molecule has 0 aliphatic carbocycles. The highest BCUT2D eigenvalue weighted by Gasteiger charge is 2.09. The van der Waals surface area contributed by atoms with E-state index in [4.69, 9.17) is 0 Å². The summed E-state index contributed by atoms with van der Waals surface area (Å²) in [4.78, 5) is 6.11. The highest BCUT2D eigenvalue weighted by atomic mass is 32.2. The van der Waals surface area contributed by atoms with Gasteiger partial charge in [0.1, 0.15) is 15.6 Å². The summed E-state index contributed by atoms with van der Waals surface area (Å²) in [6, 6.07) is 6.33. The van der Waals surface area contributed by atoms with Crippen LogP contribution in [0, 0.1) is 0 Å². The number of aliphatic imine (C=N–C) groups is 1. The van der Waals surface area contributed by atoms with Gasteiger partial charge in [0.25, 0.3) is 0 Å². The summed E-state index contributed by atoms with van der Waals surface area (Å²) in [6.07, 6.45) is 1.17. The molecular weight excluding hydrogens is 340 g/mol. The van der Waals surface area contributed by atoms with E-state index in [-0.39, 0.29) is 18.0 Å².